The minimum absolute atomic E-state index is 0.189. The summed E-state index contributed by atoms with van der Waals surface area (Å²) < 4.78 is 0. The molecule has 0 radical (unpaired) electrons. The van der Waals surface area contributed by atoms with Gasteiger partial charge in [-0.1, -0.05) is 42.0 Å². The fourth-order valence-electron chi connectivity index (χ4n) is 2.43. The van der Waals surface area contributed by atoms with Gasteiger partial charge >= 0.3 is 0 Å². The summed E-state index contributed by atoms with van der Waals surface area (Å²) in [6.45, 7) is 2.71. The van der Waals surface area contributed by atoms with Gasteiger partial charge in [0.25, 0.3) is 11.8 Å². The maximum absolute atomic E-state index is 12.3. The van der Waals surface area contributed by atoms with E-state index in [0.717, 1.165) is 16.8 Å². The quantitative estimate of drug-likeness (QED) is 0.708. The first-order valence-electron chi connectivity index (χ1n) is 8.61. The van der Waals surface area contributed by atoms with Crippen molar-refractivity contribution < 1.29 is 9.59 Å². The van der Waals surface area contributed by atoms with Crippen molar-refractivity contribution >= 4 is 11.8 Å². The van der Waals surface area contributed by atoms with Gasteiger partial charge in [0.15, 0.2) is 0 Å². The van der Waals surface area contributed by atoms with E-state index in [2.05, 4.69) is 20.6 Å². The van der Waals surface area contributed by atoms with E-state index < -0.39 is 0 Å². The number of hydrogen-bond donors (Lipinski definition) is 2. The zero-order chi connectivity index (χ0) is 19.1. The van der Waals surface area contributed by atoms with Crippen LogP contribution in [0.1, 0.15) is 37.8 Å². The molecule has 0 bridgehead atoms. The second-order valence-electron chi connectivity index (χ2n) is 6.08. The smallest absolute Gasteiger partial charge is 0.270 e. The van der Waals surface area contributed by atoms with Crippen LogP contribution in [0.3, 0.4) is 0 Å². The third kappa shape index (κ3) is 5.22. The van der Waals surface area contributed by atoms with Crippen molar-refractivity contribution in [2.45, 2.75) is 20.0 Å². The van der Waals surface area contributed by atoms with Crippen molar-refractivity contribution in [1.29, 1.82) is 0 Å². The molecule has 6 nitrogen and oxygen atoms in total. The number of carbonyl (C=O) groups is 2. The zero-order valence-corrected chi connectivity index (χ0v) is 15.0. The summed E-state index contributed by atoms with van der Waals surface area (Å²) in [6, 6.07) is 18.2. The summed E-state index contributed by atoms with van der Waals surface area (Å²) in [7, 11) is 0. The van der Waals surface area contributed by atoms with Crippen LogP contribution in [-0.4, -0.2) is 21.8 Å². The molecule has 2 N–H and O–H groups in total. The van der Waals surface area contributed by atoms with Crippen molar-refractivity contribution in [3.63, 3.8) is 0 Å². The molecule has 0 atom stereocenters. The number of hydrogen-bond acceptors (Lipinski definition) is 4. The van der Waals surface area contributed by atoms with Crippen LogP contribution in [0.4, 0.5) is 0 Å². The Bertz CT molecular complexity index is 924. The molecule has 2 heterocycles. The normalized spacial score (nSPS) is 10.3. The summed E-state index contributed by atoms with van der Waals surface area (Å²) >= 11 is 0. The molecule has 6 heteroatoms. The first kappa shape index (κ1) is 18.3. The third-order valence-electron chi connectivity index (χ3n) is 3.94. The van der Waals surface area contributed by atoms with Gasteiger partial charge in [0.05, 0.1) is 12.2 Å². The molecule has 0 unspecified atom stereocenters. The lowest BCUT2D eigenvalue weighted by molar-refractivity contribution is 0.0941. The lowest BCUT2D eigenvalue weighted by Crippen LogP contribution is -2.27. The van der Waals surface area contributed by atoms with Gasteiger partial charge in [-0.2, -0.15) is 0 Å². The fraction of sp³-hybridized carbons (Fsp3) is 0.143. The molecular weight excluding hydrogens is 340 g/mol. The fourth-order valence-corrected chi connectivity index (χ4v) is 2.43. The maximum Gasteiger partial charge on any atom is 0.270 e. The molecule has 136 valence electrons. The van der Waals surface area contributed by atoms with Crippen molar-refractivity contribution in [2.75, 3.05) is 0 Å². The highest BCUT2D eigenvalue weighted by Gasteiger charge is 2.12. The molecule has 0 spiro atoms. The van der Waals surface area contributed by atoms with Crippen LogP contribution in [0.2, 0.25) is 0 Å². The van der Waals surface area contributed by atoms with Gasteiger partial charge in [0, 0.05) is 12.7 Å². The Kier molecular flexibility index (Phi) is 5.89. The second-order valence-corrected chi connectivity index (χ2v) is 6.08. The molecular formula is C21H20N4O2. The number of amides is 2. The Morgan fingerprint density at radius 3 is 2.11 bits per heavy atom. The highest BCUT2D eigenvalue weighted by molar-refractivity contribution is 5.96. The van der Waals surface area contributed by atoms with Crippen LogP contribution in [0.25, 0.3) is 0 Å². The summed E-state index contributed by atoms with van der Waals surface area (Å²) in [5.41, 5.74) is 3.30. The number of benzene rings is 1. The molecule has 0 saturated carbocycles. The summed E-state index contributed by atoms with van der Waals surface area (Å²) in [4.78, 5) is 32.9. The molecule has 27 heavy (non-hydrogen) atoms. The van der Waals surface area contributed by atoms with Crippen LogP contribution < -0.4 is 10.6 Å². The number of aryl methyl sites for hydroxylation is 1. The molecule has 2 aromatic heterocycles. The Balaban J connectivity index is 1.59. The van der Waals surface area contributed by atoms with Crippen molar-refractivity contribution in [3.05, 3.63) is 95.1 Å². The zero-order valence-electron chi connectivity index (χ0n) is 15.0. The van der Waals surface area contributed by atoms with E-state index in [1.54, 1.807) is 24.4 Å². The van der Waals surface area contributed by atoms with Gasteiger partial charge in [-0.25, -0.2) is 4.98 Å². The van der Waals surface area contributed by atoms with Gasteiger partial charge in [0.1, 0.15) is 11.4 Å². The highest BCUT2D eigenvalue weighted by atomic mass is 16.2. The third-order valence-corrected chi connectivity index (χ3v) is 3.94. The van der Waals surface area contributed by atoms with E-state index in [1.807, 2.05) is 49.4 Å². The minimum Gasteiger partial charge on any atom is -0.347 e. The van der Waals surface area contributed by atoms with Gasteiger partial charge in [-0.05, 0) is 36.8 Å². The Morgan fingerprint density at radius 2 is 1.48 bits per heavy atom. The standard InChI is InChI=1S/C21H20N4O2/c1-15-8-10-16(11-9-15)13-23-20(26)18-6-4-7-19(25-18)21(27)24-14-17-5-2-3-12-22-17/h2-12H,13-14H2,1H3,(H,23,26)(H,24,27). The predicted octanol–water partition coefficient (Wildman–Crippen LogP) is 2.65. The summed E-state index contributed by atoms with van der Waals surface area (Å²) in [5.74, 6) is -0.677. The number of nitrogens with zero attached hydrogens (tertiary/aromatic N) is 2. The number of pyridine rings is 2. The molecule has 0 fully saturated rings. The van der Waals surface area contributed by atoms with E-state index in [1.165, 1.54) is 0 Å². The van der Waals surface area contributed by atoms with Crippen LogP contribution in [0.15, 0.2) is 66.9 Å². The second kappa shape index (κ2) is 8.71. The van der Waals surface area contributed by atoms with E-state index in [4.69, 9.17) is 0 Å². The van der Waals surface area contributed by atoms with Crippen LogP contribution in [0, 0.1) is 6.92 Å². The van der Waals surface area contributed by atoms with Crippen LogP contribution in [0.5, 0.6) is 0 Å². The summed E-state index contributed by atoms with van der Waals surface area (Å²) in [5, 5.41) is 5.56. The van der Waals surface area contributed by atoms with E-state index >= 15 is 0 Å². The lowest BCUT2D eigenvalue weighted by atomic mass is 10.1. The Labute approximate surface area is 157 Å². The maximum atomic E-state index is 12.3. The minimum atomic E-state index is -0.353. The molecule has 3 aromatic rings. The average molecular weight is 360 g/mol. The monoisotopic (exact) mass is 360 g/mol. The molecule has 3 rings (SSSR count). The van der Waals surface area contributed by atoms with Crippen molar-refractivity contribution in [2.24, 2.45) is 0 Å². The Hall–Kier alpha value is -3.54. The van der Waals surface area contributed by atoms with Crippen molar-refractivity contribution in [1.82, 2.24) is 20.6 Å². The largest absolute Gasteiger partial charge is 0.347 e. The molecule has 2 amide bonds. The predicted molar refractivity (Wildman–Crippen MR) is 102 cm³/mol. The van der Waals surface area contributed by atoms with Crippen molar-refractivity contribution in [3.8, 4) is 0 Å². The van der Waals surface area contributed by atoms with E-state index in [9.17, 15) is 9.59 Å². The van der Waals surface area contributed by atoms with Crippen LogP contribution >= 0.6 is 0 Å². The molecule has 1 aromatic carbocycles. The highest BCUT2D eigenvalue weighted by Crippen LogP contribution is 2.04. The van der Waals surface area contributed by atoms with Crippen LogP contribution in [-0.2, 0) is 13.1 Å². The van der Waals surface area contributed by atoms with Gasteiger partial charge in [0.2, 0.25) is 0 Å². The number of nitrogens with one attached hydrogen (secondary N) is 2. The van der Waals surface area contributed by atoms with Gasteiger partial charge in [-0.15, -0.1) is 0 Å². The van der Waals surface area contributed by atoms with Gasteiger partial charge < -0.3 is 10.6 Å². The number of aromatic nitrogens is 2. The molecule has 0 aliphatic carbocycles. The summed E-state index contributed by atoms with van der Waals surface area (Å²) in [6.07, 6.45) is 1.67. The Morgan fingerprint density at radius 1 is 0.815 bits per heavy atom. The average Bonchev–Trinajstić information content (AvgIpc) is 2.72. The SMILES string of the molecule is Cc1ccc(CNC(=O)c2cccc(C(=O)NCc3ccccn3)n2)cc1. The lowest BCUT2D eigenvalue weighted by Gasteiger charge is -2.07. The number of carbonyl (C=O) groups excluding carboxylic acids is 2. The number of rotatable bonds is 6. The first-order chi connectivity index (χ1) is 13.1. The molecule has 0 aliphatic rings. The topological polar surface area (TPSA) is 84.0 Å². The van der Waals surface area contributed by atoms with Gasteiger partial charge in [-0.3, -0.25) is 14.6 Å². The molecule has 0 aliphatic heterocycles. The van der Waals surface area contributed by atoms with E-state index in [0.29, 0.717) is 13.1 Å². The van der Waals surface area contributed by atoms with E-state index in [-0.39, 0.29) is 23.2 Å². The first-order valence-corrected chi connectivity index (χ1v) is 8.61. The molecule has 0 saturated heterocycles.